The van der Waals surface area contributed by atoms with Crippen LogP contribution in [0.25, 0.3) is 0 Å². The lowest BCUT2D eigenvalue weighted by Crippen LogP contribution is -2.38. The van der Waals surface area contributed by atoms with Crippen molar-refractivity contribution in [1.29, 1.82) is 0 Å². The Morgan fingerprint density at radius 2 is 1.92 bits per heavy atom. The third-order valence-electron chi connectivity index (χ3n) is 4.32. The molecule has 2 heterocycles. The molecule has 2 aromatic carbocycles. The fraction of sp³-hybridized carbons (Fsp3) is 0.100. The van der Waals surface area contributed by atoms with Gasteiger partial charge in [-0.2, -0.15) is 0 Å². The summed E-state index contributed by atoms with van der Waals surface area (Å²) in [5.41, 5.74) is 2.59. The molecule has 1 aliphatic heterocycles. The average Bonchev–Trinajstić information content (AvgIpc) is 3.13. The van der Waals surface area contributed by atoms with E-state index in [-0.39, 0.29) is 24.4 Å². The molecule has 1 aliphatic rings. The zero-order valence-corrected chi connectivity index (χ0v) is 16.1. The van der Waals surface area contributed by atoms with Crippen LogP contribution in [0, 0.1) is 0 Å². The Balaban J connectivity index is 1.90. The van der Waals surface area contributed by atoms with Gasteiger partial charge < -0.3 is 10.2 Å². The largest absolute Gasteiger partial charge is 0.324 e. The average molecular weight is 427 g/mol. The number of hydrogen-bond donors (Lipinski definition) is 1. The fourth-order valence-corrected chi connectivity index (χ4v) is 4.26. The molecule has 3 aromatic rings. The minimum Gasteiger partial charge on any atom is -0.324 e. The van der Waals surface area contributed by atoms with Gasteiger partial charge in [-0.1, -0.05) is 52.3 Å². The molecule has 1 unspecified atom stereocenters. The van der Waals surface area contributed by atoms with E-state index < -0.39 is 0 Å². The van der Waals surface area contributed by atoms with Gasteiger partial charge in [0.05, 0.1) is 10.9 Å². The number of halogens is 1. The van der Waals surface area contributed by atoms with Gasteiger partial charge in [0.25, 0.3) is 5.91 Å². The van der Waals surface area contributed by atoms with E-state index in [4.69, 9.17) is 0 Å². The number of rotatable bonds is 2. The van der Waals surface area contributed by atoms with Gasteiger partial charge in [0.2, 0.25) is 5.91 Å². The smallest absolute Gasteiger partial charge is 0.265 e. The number of hydrogen-bond acceptors (Lipinski definition) is 3. The van der Waals surface area contributed by atoms with Crippen LogP contribution in [0.4, 0.5) is 5.69 Å². The molecule has 0 radical (unpaired) electrons. The van der Waals surface area contributed by atoms with E-state index in [1.165, 1.54) is 11.3 Å². The van der Waals surface area contributed by atoms with Crippen LogP contribution >= 0.6 is 27.3 Å². The van der Waals surface area contributed by atoms with E-state index in [2.05, 4.69) is 21.2 Å². The van der Waals surface area contributed by atoms with Gasteiger partial charge >= 0.3 is 0 Å². The Morgan fingerprint density at radius 1 is 1.12 bits per heavy atom. The molecule has 0 saturated heterocycles. The minimum absolute atomic E-state index is 0.00257. The van der Waals surface area contributed by atoms with Crippen molar-refractivity contribution in [2.45, 2.75) is 6.04 Å². The molecule has 1 atom stereocenters. The Kier molecular flexibility index (Phi) is 4.61. The first-order valence-electron chi connectivity index (χ1n) is 8.12. The second kappa shape index (κ2) is 7.05. The van der Waals surface area contributed by atoms with E-state index in [9.17, 15) is 9.59 Å². The molecule has 0 aliphatic carbocycles. The molecule has 4 nitrogen and oxygen atoms in total. The number of anilines is 1. The Hall–Kier alpha value is -2.44. The van der Waals surface area contributed by atoms with E-state index in [1.807, 2.05) is 60.0 Å². The van der Waals surface area contributed by atoms with E-state index in [1.54, 1.807) is 11.0 Å². The summed E-state index contributed by atoms with van der Waals surface area (Å²) in [5.74, 6) is -0.339. The maximum absolute atomic E-state index is 13.2. The van der Waals surface area contributed by atoms with E-state index in [0.717, 1.165) is 21.3 Å². The van der Waals surface area contributed by atoms with Crippen molar-refractivity contribution in [1.82, 2.24) is 4.90 Å². The van der Waals surface area contributed by atoms with Crippen molar-refractivity contribution in [3.05, 3.63) is 86.5 Å². The molecule has 130 valence electrons. The number of carbonyl (C=O) groups is 2. The number of nitrogens with one attached hydrogen (secondary N) is 1. The molecule has 0 fully saturated rings. The van der Waals surface area contributed by atoms with Gasteiger partial charge in [-0.25, -0.2) is 0 Å². The number of nitrogens with zero attached hydrogens (tertiary/aromatic N) is 1. The molecule has 0 saturated carbocycles. The van der Waals surface area contributed by atoms with Crippen molar-refractivity contribution in [3.63, 3.8) is 0 Å². The van der Waals surface area contributed by atoms with E-state index in [0.29, 0.717) is 4.88 Å². The Morgan fingerprint density at radius 3 is 2.65 bits per heavy atom. The van der Waals surface area contributed by atoms with Gasteiger partial charge in [0.15, 0.2) is 0 Å². The summed E-state index contributed by atoms with van der Waals surface area (Å²) < 4.78 is 0.900. The molecular formula is C20H15BrN2O2S. The van der Waals surface area contributed by atoms with E-state index >= 15 is 0 Å². The summed E-state index contributed by atoms with van der Waals surface area (Å²) >= 11 is 4.89. The first-order chi connectivity index (χ1) is 12.6. The quantitative estimate of drug-likeness (QED) is 0.645. The minimum atomic E-state index is -0.350. The standard InChI is InChI=1S/C20H15BrN2O2S/c21-14-8-9-16-15(11-14)19(13-5-2-1-3-6-13)23(12-18(24)22-16)20(25)17-7-4-10-26-17/h1-11,19H,12H2,(H,22,24). The first-order valence-corrected chi connectivity index (χ1v) is 9.79. The lowest BCUT2D eigenvalue weighted by molar-refractivity contribution is -0.117. The maximum Gasteiger partial charge on any atom is 0.265 e. The predicted octanol–water partition coefficient (Wildman–Crippen LogP) is 4.69. The zero-order chi connectivity index (χ0) is 18.1. The second-order valence-corrected chi connectivity index (χ2v) is 7.87. The molecule has 0 bridgehead atoms. The van der Waals surface area contributed by atoms with Gasteiger partial charge in [-0.3, -0.25) is 9.59 Å². The van der Waals surface area contributed by atoms with Gasteiger partial charge in [0, 0.05) is 15.7 Å². The summed E-state index contributed by atoms with van der Waals surface area (Å²) in [6.45, 7) is 0.00257. The summed E-state index contributed by atoms with van der Waals surface area (Å²) in [7, 11) is 0. The lowest BCUT2D eigenvalue weighted by Gasteiger charge is -2.30. The number of thiophene rings is 1. The lowest BCUT2D eigenvalue weighted by atomic mass is 9.96. The monoisotopic (exact) mass is 426 g/mol. The van der Waals surface area contributed by atoms with Crippen LogP contribution in [0.2, 0.25) is 0 Å². The molecule has 1 aromatic heterocycles. The second-order valence-electron chi connectivity index (χ2n) is 6.00. The first kappa shape index (κ1) is 17.0. The number of fused-ring (bicyclic) bond motifs is 1. The van der Waals surface area contributed by atoms with Gasteiger partial charge in [-0.05, 0) is 35.2 Å². The third-order valence-corrected chi connectivity index (χ3v) is 5.67. The van der Waals surface area contributed by atoms with Crippen LogP contribution in [0.3, 0.4) is 0 Å². The van der Waals surface area contributed by atoms with Gasteiger partial charge in [-0.15, -0.1) is 11.3 Å². The van der Waals surface area contributed by atoms with Crippen molar-refractivity contribution < 1.29 is 9.59 Å². The highest BCUT2D eigenvalue weighted by molar-refractivity contribution is 9.10. The normalized spacial score (nSPS) is 16.6. The highest BCUT2D eigenvalue weighted by atomic mass is 79.9. The third kappa shape index (κ3) is 3.18. The molecule has 4 rings (SSSR count). The van der Waals surface area contributed by atoms with Gasteiger partial charge in [0.1, 0.15) is 6.54 Å². The summed E-state index contributed by atoms with van der Waals surface area (Å²) in [6.07, 6.45) is 0. The molecule has 0 spiro atoms. The van der Waals surface area contributed by atoms with Crippen LogP contribution in [-0.2, 0) is 4.79 Å². The molecule has 26 heavy (non-hydrogen) atoms. The predicted molar refractivity (Wildman–Crippen MR) is 106 cm³/mol. The molecule has 1 N–H and O–H groups in total. The van der Waals surface area contributed by atoms with Crippen molar-refractivity contribution in [2.75, 3.05) is 11.9 Å². The highest BCUT2D eigenvalue weighted by Gasteiger charge is 2.34. The maximum atomic E-state index is 13.2. The SMILES string of the molecule is O=C1CN(C(=O)c2cccs2)C(c2ccccc2)c2cc(Br)ccc2N1. The number of benzene rings is 2. The van der Waals surface area contributed by atoms with Crippen molar-refractivity contribution >= 4 is 44.8 Å². The summed E-state index contributed by atoms with van der Waals surface area (Å²) in [4.78, 5) is 27.9. The summed E-state index contributed by atoms with van der Waals surface area (Å²) in [5, 5.41) is 4.80. The van der Waals surface area contributed by atoms with Crippen molar-refractivity contribution in [3.8, 4) is 0 Å². The topological polar surface area (TPSA) is 49.4 Å². The van der Waals surface area contributed by atoms with Crippen LogP contribution in [0.5, 0.6) is 0 Å². The molecule has 6 heteroatoms. The fourth-order valence-electron chi connectivity index (χ4n) is 3.20. The van der Waals surface area contributed by atoms with Crippen molar-refractivity contribution in [2.24, 2.45) is 0 Å². The van der Waals surface area contributed by atoms with Crippen LogP contribution < -0.4 is 5.32 Å². The van der Waals surface area contributed by atoms with Crippen LogP contribution in [0.15, 0.2) is 70.5 Å². The summed E-state index contributed by atoms with van der Waals surface area (Å²) in [6, 6.07) is 18.8. The highest BCUT2D eigenvalue weighted by Crippen LogP contribution is 2.38. The number of amides is 2. The molecular weight excluding hydrogens is 412 g/mol. The zero-order valence-electron chi connectivity index (χ0n) is 13.7. The number of carbonyl (C=O) groups excluding carboxylic acids is 2. The molecule has 2 amide bonds. The Labute approximate surface area is 163 Å². The van der Waals surface area contributed by atoms with Crippen LogP contribution in [0.1, 0.15) is 26.8 Å². The van der Waals surface area contributed by atoms with Crippen LogP contribution in [-0.4, -0.2) is 23.3 Å². The Bertz CT molecular complexity index is 957.